The molecule has 0 fully saturated rings. The molecular formula is C8H19NO3S. The second-order valence-electron chi connectivity index (χ2n) is 3.70. The Balaban J connectivity index is 4.50. The summed E-state index contributed by atoms with van der Waals surface area (Å²) in [6.07, 6.45) is 0. The molecule has 80 valence electrons. The van der Waals surface area contributed by atoms with E-state index in [9.17, 15) is 8.42 Å². The number of nitrogens with zero attached hydrogens (tertiary/aromatic N) is 1. The van der Waals surface area contributed by atoms with Gasteiger partial charge in [0.25, 0.3) is 10.1 Å². The van der Waals surface area contributed by atoms with E-state index in [4.69, 9.17) is 4.55 Å². The molecule has 13 heavy (non-hydrogen) atoms. The number of hydrogen-bond donors (Lipinski definition) is 1. The Hall–Kier alpha value is -0.130. The molecule has 0 amide bonds. The summed E-state index contributed by atoms with van der Waals surface area (Å²) in [5.41, 5.74) is 0. The molecular weight excluding hydrogens is 190 g/mol. The summed E-state index contributed by atoms with van der Waals surface area (Å²) >= 11 is 0. The average molecular weight is 209 g/mol. The Morgan fingerprint density at radius 2 is 1.62 bits per heavy atom. The zero-order valence-electron chi connectivity index (χ0n) is 8.74. The summed E-state index contributed by atoms with van der Waals surface area (Å²) in [5, 5.41) is 0. The summed E-state index contributed by atoms with van der Waals surface area (Å²) < 4.78 is 29.7. The van der Waals surface area contributed by atoms with Gasteiger partial charge < -0.3 is 4.90 Å². The monoisotopic (exact) mass is 209 g/mol. The predicted octanol–water partition coefficient (Wildman–Crippen LogP) is 0.995. The normalized spacial score (nSPS) is 13.7. The summed E-state index contributed by atoms with van der Waals surface area (Å²) in [6.45, 7) is 8.91. The van der Waals surface area contributed by atoms with E-state index in [2.05, 4.69) is 0 Å². The van der Waals surface area contributed by atoms with E-state index >= 15 is 0 Å². The molecule has 0 heterocycles. The van der Waals surface area contributed by atoms with E-state index < -0.39 is 14.9 Å². The lowest BCUT2D eigenvalue weighted by Crippen LogP contribution is -2.44. The third-order valence-corrected chi connectivity index (χ3v) is 3.72. The highest BCUT2D eigenvalue weighted by Gasteiger charge is 2.33. The van der Waals surface area contributed by atoms with Crippen LogP contribution in [0, 0.1) is 0 Å². The van der Waals surface area contributed by atoms with Crippen LogP contribution in [0.3, 0.4) is 0 Å². The van der Waals surface area contributed by atoms with E-state index in [0.717, 1.165) is 13.1 Å². The minimum atomic E-state index is -3.96. The second-order valence-corrected chi connectivity index (χ2v) is 5.75. The average Bonchev–Trinajstić information content (AvgIpc) is 1.98. The van der Waals surface area contributed by atoms with Crippen LogP contribution < -0.4 is 0 Å². The largest absolute Gasteiger partial charge is 0.302 e. The fourth-order valence-corrected chi connectivity index (χ4v) is 1.41. The van der Waals surface area contributed by atoms with Crippen molar-refractivity contribution in [1.82, 2.24) is 4.90 Å². The first kappa shape index (κ1) is 12.9. The predicted molar refractivity (Wildman–Crippen MR) is 53.4 cm³/mol. The van der Waals surface area contributed by atoms with Gasteiger partial charge in [-0.15, -0.1) is 0 Å². The Morgan fingerprint density at radius 3 is 1.85 bits per heavy atom. The number of rotatable bonds is 5. The molecule has 0 aliphatic heterocycles. The summed E-state index contributed by atoms with van der Waals surface area (Å²) in [6, 6.07) is 0. The molecule has 0 radical (unpaired) electrons. The molecule has 0 aliphatic carbocycles. The highest BCUT2D eigenvalue weighted by atomic mass is 32.2. The van der Waals surface area contributed by atoms with Crippen LogP contribution in [-0.4, -0.2) is 42.3 Å². The van der Waals surface area contributed by atoms with Crippen LogP contribution in [0.1, 0.15) is 27.7 Å². The molecule has 5 heteroatoms. The van der Waals surface area contributed by atoms with Crippen molar-refractivity contribution in [3.63, 3.8) is 0 Å². The molecule has 0 aliphatic rings. The molecule has 0 saturated carbocycles. The molecule has 0 rings (SSSR count). The highest BCUT2D eigenvalue weighted by Crippen LogP contribution is 2.16. The van der Waals surface area contributed by atoms with Crippen molar-refractivity contribution in [2.24, 2.45) is 0 Å². The Bertz CT molecular complexity index is 242. The van der Waals surface area contributed by atoms with Gasteiger partial charge in [0.2, 0.25) is 0 Å². The van der Waals surface area contributed by atoms with Crippen molar-refractivity contribution in [2.45, 2.75) is 32.4 Å². The molecule has 1 N–H and O–H groups in total. The maximum atomic E-state index is 10.9. The van der Waals surface area contributed by atoms with Gasteiger partial charge in [0.05, 0.1) is 0 Å². The Morgan fingerprint density at radius 1 is 1.23 bits per heavy atom. The minimum Gasteiger partial charge on any atom is -0.302 e. The van der Waals surface area contributed by atoms with Crippen molar-refractivity contribution in [1.29, 1.82) is 0 Å². The molecule has 0 aromatic rings. The lowest BCUT2D eigenvalue weighted by molar-refractivity contribution is 0.269. The zero-order chi connectivity index (χ0) is 10.7. The van der Waals surface area contributed by atoms with Crippen LogP contribution in [0.5, 0.6) is 0 Å². The van der Waals surface area contributed by atoms with Crippen LogP contribution in [-0.2, 0) is 10.1 Å². The van der Waals surface area contributed by atoms with E-state index in [1.54, 1.807) is 0 Å². The quantitative estimate of drug-likeness (QED) is 0.686. The molecule has 0 atom stereocenters. The van der Waals surface area contributed by atoms with Crippen LogP contribution >= 0.6 is 0 Å². The van der Waals surface area contributed by atoms with E-state index in [0.29, 0.717) is 6.54 Å². The van der Waals surface area contributed by atoms with Gasteiger partial charge in [-0.05, 0) is 26.9 Å². The van der Waals surface area contributed by atoms with Crippen molar-refractivity contribution in [2.75, 3.05) is 19.6 Å². The second kappa shape index (κ2) is 4.39. The summed E-state index contributed by atoms with van der Waals surface area (Å²) in [5.74, 6) is 0. The van der Waals surface area contributed by atoms with Crippen LogP contribution in [0.2, 0.25) is 0 Å². The van der Waals surface area contributed by atoms with Gasteiger partial charge in [-0.25, -0.2) is 0 Å². The molecule has 0 saturated heterocycles. The maximum Gasteiger partial charge on any atom is 0.271 e. The molecule has 4 nitrogen and oxygen atoms in total. The van der Waals surface area contributed by atoms with Crippen molar-refractivity contribution >= 4 is 10.1 Å². The lowest BCUT2D eigenvalue weighted by atomic mass is 10.2. The lowest BCUT2D eigenvalue weighted by Gasteiger charge is -2.28. The van der Waals surface area contributed by atoms with Crippen LogP contribution in [0.15, 0.2) is 0 Å². The topological polar surface area (TPSA) is 57.6 Å². The van der Waals surface area contributed by atoms with Crippen molar-refractivity contribution in [3.8, 4) is 0 Å². The fourth-order valence-electron chi connectivity index (χ4n) is 1.07. The molecule has 0 aromatic carbocycles. The standard InChI is InChI=1S/C8H19NO3S/c1-5-9(6-2)7-8(3,4)13(10,11)12/h5-7H2,1-4H3,(H,10,11,12). The fraction of sp³-hybridized carbons (Fsp3) is 1.00. The maximum absolute atomic E-state index is 10.9. The smallest absolute Gasteiger partial charge is 0.271 e. The molecule has 0 bridgehead atoms. The van der Waals surface area contributed by atoms with Gasteiger partial charge in [-0.3, -0.25) is 4.55 Å². The first-order valence-corrected chi connectivity index (χ1v) is 5.88. The van der Waals surface area contributed by atoms with Gasteiger partial charge in [-0.2, -0.15) is 8.42 Å². The Kier molecular flexibility index (Phi) is 4.35. The van der Waals surface area contributed by atoms with E-state index in [1.807, 2.05) is 18.7 Å². The SMILES string of the molecule is CCN(CC)CC(C)(C)S(=O)(=O)O. The van der Waals surface area contributed by atoms with Crippen LogP contribution in [0.25, 0.3) is 0 Å². The van der Waals surface area contributed by atoms with Crippen LogP contribution in [0.4, 0.5) is 0 Å². The Labute approximate surface area is 80.7 Å². The highest BCUT2D eigenvalue weighted by molar-refractivity contribution is 7.87. The zero-order valence-corrected chi connectivity index (χ0v) is 9.56. The van der Waals surface area contributed by atoms with Crippen molar-refractivity contribution < 1.29 is 13.0 Å². The van der Waals surface area contributed by atoms with Gasteiger partial charge in [0.15, 0.2) is 0 Å². The van der Waals surface area contributed by atoms with Gasteiger partial charge in [0, 0.05) is 6.54 Å². The third kappa shape index (κ3) is 3.62. The number of hydrogen-bond acceptors (Lipinski definition) is 3. The van der Waals surface area contributed by atoms with Gasteiger partial charge >= 0.3 is 0 Å². The molecule has 0 spiro atoms. The van der Waals surface area contributed by atoms with Gasteiger partial charge in [-0.1, -0.05) is 13.8 Å². The van der Waals surface area contributed by atoms with E-state index in [-0.39, 0.29) is 0 Å². The summed E-state index contributed by atoms with van der Waals surface area (Å²) in [4.78, 5) is 1.97. The first-order valence-electron chi connectivity index (χ1n) is 4.44. The van der Waals surface area contributed by atoms with Crippen molar-refractivity contribution in [3.05, 3.63) is 0 Å². The third-order valence-electron chi connectivity index (χ3n) is 2.20. The van der Waals surface area contributed by atoms with E-state index in [1.165, 1.54) is 13.8 Å². The van der Waals surface area contributed by atoms with Gasteiger partial charge in [0.1, 0.15) is 4.75 Å². The molecule has 0 aromatic heterocycles. The molecule has 0 unspecified atom stereocenters. The summed E-state index contributed by atoms with van der Waals surface area (Å²) in [7, 11) is -3.96. The minimum absolute atomic E-state index is 0.360. The first-order chi connectivity index (χ1) is 5.74.